The highest BCUT2D eigenvalue weighted by Crippen LogP contribution is 2.22. The highest BCUT2D eigenvalue weighted by atomic mass is 16.1. The Hall–Kier alpha value is -3.46. The molecule has 0 fully saturated rings. The third kappa shape index (κ3) is 3.32. The Bertz CT molecular complexity index is 1200. The van der Waals surface area contributed by atoms with E-state index in [9.17, 15) is 4.79 Å². The molecule has 0 unspecified atom stereocenters. The van der Waals surface area contributed by atoms with Crippen molar-refractivity contribution >= 4 is 23.1 Å². The van der Waals surface area contributed by atoms with E-state index in [-0.39, 0.29) is 5.43 Å². The molecule has 0 aliphatic heterocycles. The van der Waals surface area contributed by atoms with E-state index in [0.717, 1.165) is 22.3 Å². The minimum absolute atomic E-state index is 0.0440. The molecular formula is C24H20N2O. The Balaban J connectivity index is 1.92. The Kier molecular flexibility index (Phi) is 4.43. The van der Waals surface area contributed by atoms with E-state index in [0.29, 0.717) is 5.52 Å². The fourth-order valence-corrected chi connectivity index (χ4v) is 3.28. The number of aromatic nitrogens is 2. The first-order valence-electron chi connectivity index (χ1n) is 8.96. The Morgan fingerprint density at radius 2 is 1.59 bits per heavy atom. The van der Waals surface area contributed by atoms with Gasteiger partial charge < -0.3 is 0 Å². The first-order valence-corrected chi connectivity index (χ1v) is 8.96. The van der Waals surface area contributed by atoms with Gasteiger partial charge in [0.15, 0.2) is 0 Å². The number of nitrogens with zero attached hydrogens (tertiary/aromatic N) is 2. The molecule has 0 bridgehead atoms. The van der Waals surface area contributed by atoms with Gasteiger partial charge in [0.05, 0.1) is 11.4 Å². The maximum Gasteiger partial charge on any atom is 0.204 e. The van der Waals surface area contributed by atoms with Crippen molar-refractivity contribution in [2.24, 2.45) is 0 Å². The molecule has 1 aromatic heterocycles. The number of aryl methyl sites for hydroxylation is 2. The van der Waals surface area contributed by atoms with Crippen molar-refractivity contribution in [3.8, 4) is 5.69 Å². The molecule has 4 rings (SSSR count). The zero-order valence-electron chi connectivity index (χ0n) is 15.4. The predicted octanol–water partition coefficient (Wildman–Crippen LogP) is 5.17. The summed E-state index contributed by atoms with van der Waals surface area (Å²) in [5.41, 5.74) is 5.80. The second-order valence-corrected chi connectivity index (χ2v) is 6.67. The first-order chi connectivity index (χ1) is 13.1. The molecule has 0 saturated heterocycles. The highest BCUT2D eigenvalue weighted by Gasteiger charge is 2.12. The highest BCUT2D eigenvalue weighted by molar-refractivity contribution is 5.90. The number of benzene rings is 2. The molecule has 0 saturated carbocycles. The number of para-hydroxylation sites is 1. The van der Waals surface area contributed by atoms with Crippen LogP contribution in [0, 0.1) is 13.8 Å². The van der Waals surface area contributed by atoms with Gasteiger partial charge in [0.25, 0.3) is 0 Å². The van der Waals surface area contributed by atoms with Gasteiger partial charge in [0.1, 0.15) is 5.52 Å². The summed E-state index contributed by atoms with van der Waals surface area (Å²) in [5, 5.41) is 5.58. The minimum Gasteiger partial charge on any atom is -0.288 e. The topological polar surface area (TPSA) is 34.9 Å². The van der Waals surface area contributed by atoms with E-state index in [2.05, 4.69) is 38.1 Å². The smallest absolute Gasteiger partial charge is 0.204 e. The molecule has 1 heterocycles. The van der Waals surface area contributed by atoms with Crippen LogP contribution in [0.5, 0.6) is 0 Å². The number of rotatable bonds is 3. The Morgan fingerprint density at radius 1 is 0.852 bits per heavy atom. The Labute approximate surface area is 158 Å². The third-order valence-electron chi connectivity index (χ3n) is 4.65. The van der Waals surface area contributed by atoms with E-state index in [1.807, 2.05) is 48.5 Å². The quantitative estimate of drug-likeness (QED) is 0.510. The van der Waals surface area contributed by atoms with Crippen LogP contribution in [0.1, 0.15) is 22.4 Å². The summed E-state index contributed by atoms with van der Waals surface area (Å²) in [5.74, 6) is 0. The van der Waals surface area contributed by atoms with E-state index in [1.165, 1.54) is 11.1 Å². The zero-order valence-corrected chi connectivity index (χ0v) is 15.4. The lowest BCUT2D eigenvalue weighted by atomic mass is 10.0. The van der Waals surface area contributed by atoms with Crippen LogP contribution in [0.3, 0.4) is 0 Å². The van der Waals surface area contributed by atoms with Crippen LogP contribution in [-0.2, 0) is 0 Å². The van der Waals surface area contributed by atoms with Crippen LogP contribution in [0.2, 0.25) is 0 Å². The van der Waals surface area contributed by atoms with E-state index in [1.54, 1.807) is 16.8 Å². The van der Waals surface area contributed by atoms with E-state index in [4.69, 9.17) is 5.10 Å². The zero-order chi connectivity index (χ0) is 18.8. The average Bonchev–Trinajstić information content (AvgIpc) is 2.92. The van der Waals surface area contributed by atoms with Crippen molar-refractivity contribution in [3.05, 3.63) is 105 Å². The molecule has 27 heavy (non-hydrogen) atoms. The standard InChI is InChI=1S/C24H20N2O/c1-17-12-13-19(18(2)16-17)14-15-22-21-10-6-7-11-23(27)24(21)26(25-22)20-8-4-3-5-9-20/h3-16H,1-2H3/b15-14-. The normalized spacial score (nSPS) is 11.3. The van der Waals surface area contributed by atoms with Gasteiger partial charge in [-0.15, -0.1) is 0 Å². The van der Waals surface area contributed by atoms with Crippen molar-refractivity contribution in [2.75, 3.05) is 0 Å². The fourth-order valence-electron chi connectivity index (χ4n) is 3.28. The van der Waals surface area contributed by atoms with Crippen LogP contribution >= 0.6 is 0 Å². The fraction of sp³-hybridized carbons (Fsp3) is 0.0833. The monoisotopic (exact) mass is 352 g/mol. The van der Waals surface area contributed by atoms with Gasteiger partial charge in [-0.1, -0.05) is 66.2 Å². The molecule has 0 aliphatic rings. The molecule has 0 aliphatic carbocycles. The number of fused-ring (bicyclic) bond motifs is 1. The van der Waals surface area contributed by atoms with Crippen molar-refractivity contribution in [2.45, 2.75) is 13.8 Å². The number of hydrogen-bond donors (Lipinski definition) is 0. The van der Waals surface area contributed by atoms with Crippen molar-refractivity contribution in [3.63, 3.8) is 0 Å². The van der Waals surface area contributed by atoms with Crippen molar-refractivity contribution in [1.82, 2.24) is 9.78 Å². The second kappa shape index (κ2) is 7.04. The predicted molar refractivity (Wildman–Crippen MR) is 112 cm³/mol. The number of hydrogen-bond acceptors (Lipinski definition) is 2. The van der Waals surface area contributed by atoms with Crippen LogP contribution in [0.15, 0.2) is 77.6 Å². The second-order valence-electron chi connectivity index (χ2n) is 6.67. The van der Waals surface area contributed by atoms with Crippen LogP contribution in [0.25, 0.3) is 28.7 Å². The van der Waals surface area contributed by atoms with Gasteiger partial charge in [0.2, 0.25) is 5.43 Å². The molecule has 3 nitrogen and oxygen atoms in total. The summed E-state index contributed by atoms with van der Waals surface area (Å²) < 4.78 is 1.74. The summed E-state index contributed by atoms with van der Waals surface area (Å²) in [6.07, 6.45) is 4.04. The molecule has 4 aromatic rings. The molecule has 3 heteroatoms. The molecule has 0 atom stereocenters. The molecular weight excluding hydrogens is 332 g/mol. The molecule has 0 radical (unpaired) electrons. The largest absolute Gasteiger partial charge is 0.288 e. The van der Waals surface area contributed by atoms with Crippen LogP contribution < -0.4 is 5.43 Å². The minimum atomic E-state index is -0.0440. The maximum absolute atomic E-state index is 12.7. The van der Waals surface area contributed by atoms with Gasteiger partial charge in [-0.2, -0.15) is 5.10 Å². The Morgan fingerprint density at radius 3 is 2.37 bits per heavy atom. The van der Waals surface area contributed by atoms with Gasteiger partial charge in [-0.05, 0) is 49.2 Å². The molecule has 0 amide bonds. The molecule has 0 spiro atoms. The lowest BCUT2D eigenvalue weighted by molar-refractivity contribution is 0.902. The first kappa shape index (κ1) is 17.0. The SMILES string of the molecule is Cc1ccc(/C=C\c2nn(-c3ccccc3)c3c(=O)ccccc23)c(C)c1. The van der Waals surface area contributed by atoms with Gasteiger partial charge in [0, 0.05) is 5.39 Å². The van der Waals surface area contributed by atoms with Crippen molar-refractivity contribution in [1.29, 1.82) is 0 Å². The van der Waals surface area contributed by atoms with Gasteiger partial charge >= 0.3 is 0 Å². The summed E-state index contributed by atoms with van der Waals surface area (Å²) in [6.45, 7) is 4.19. The van der Waals surface area contributed by atoms with E-state index >= 15 is 0 Å². The van der Waals surface area contributed by atoms with Crippen LogP contribution in [-0.4, -0.2) is 9.78 Å². The summed E-state index contributed by atoms with van der Waals surface area (Å²) in [7, 11) is 0. The third-order valence-corrected chi connectivity index (χ3v) is 4.65. The van der Waals surface area contributed by atoms with Gasteiger partial charge in [-0.3, -0.25) is 4.79 Å². The lowest BCUT2D eigenvalue weighted by Gasteiger charge is -2.01. The van der Waals surface area contributed by atoms with Crippen molar-refractivity contribution < 1.29 is 0 Å². The van der Waals surface area contributed by atoms with Gasteiger partial charge in [-0.25, -0.2) is 4.68 Å². The molecule has 132 valence electrons. The average molecular weight is 352 g/mol. The molecule has 3 aromatic carbocycles. The van der Waals surface area contributed by atoms with E-state index < -0.39 is 0 Å². The summed E-state index contributed by atoms with van der Waals surface area (Å²) >= 11 is 0. The molecule has 0 N–H and O–H groups in total. The summed E-state index contributed by atoms with van der Waals surface area (Å²) in [6, 6.07) is 23.3. The lowest BCUT2D eigenvalue weighted by Crippen LogP contribution is -2.04. The summed E-state index contributed by atoms with van der Waals surface area (Å²) in [4.78, 5) is 12.7. The van der Waals surface area contributed by atoms with Crippen LogP contribution in [0.4, 0.5) is 0 Å². The maximum atomic E-state index is 12.7.